The van der Waals surface area contributed by atoms with Gasteiger partial charge in [-0.15, -0.1) is 0 Å². The molecule has 4 aromatic rings. The Hall–Kier alpha value is -2.92. The Morgan fingerprint density at radius 1 is 0.774 bits per heavy atom. The molecule has 0 saturated carbocycles. The van der Waals surface area contributed by atoms with E-state index < -0.39 is 0 Å². The highest BCUT2D eigenvalue weighted by Crippen LogP contribution is 2.53. The number of halogens is 1. The van der Waals surface area contributed by atoms with Gasteiger partial charge in [0.1, 0.15) is 0 Å². The minimum Gasteiger partial charge on any atom is -0.325 e. The van der Waals surface area contributed by atoms with Gasteiger partial charge in [-0.05, 0) is 92.4 Å². The van der Waals surface area contributed by atoms with Crippen molar-refractivity contribution in [3.8, 4) is 0 Å². The maximum Gasteiger partial charge on any atom is 0.232 e. The van der Waals surface area contributed by atoms with E-state index in [4.69, 9.17) is 0 Å². The van der Waals surface area contributed by atoms with Crippen molar-refractivity contribution in [3.05, 3.63) is 116 Å². The van der Waals surface area contributed by atoms with Crippen LogP contribution >= 0.6 is 22.6 Å². The molecule has 0 fully saturated rings. The Labute approximate surface area is 195 Å². The molecule has 3 heteroatoms. The predicted molar refractivity (Wildman–Crippen MR) is 135 cm³/mol. The van der Waals surface area contributed by atoms with Gasteiger partial charge in [-0.2, -0.15) is 0 Å². The van der Waals surface area contributed by atoms with Crippen LogP contribution in [0.5, 0.6) is 0 Å². The summed E-state index contributed by atoms with van der Waals surface area (Å²) < 4.78 is 1.15. The van der Waals surface area contributed by atoms with Crippen molar-refractivity contribution in [2.75, 3.05) is 5.32 Å². The molecule has 0 bridgehead atoms. The van der Waals surface area contributed by atoms with Crippen LogP contribution in [0.15, 0.2) is 90.5 Å². The minimum absolute atomic E-state index is 0.0390. The fourth-order valence-corrected chi connectivity index (χ4v) is 5.86. The summed E-state index contributed by atoms with van der Waals surface area (Å²) in [6, 6.07) is 30.0. The van der Waals surface area contributed by atoms with Gasteiger partial charge in [0.15, 0.2) is 0 Å². The summed E-state index contributed by atoms with van der Waals surface area (Å²) in [6.07, 6.45) is 0. The molecule has 2 unspecified atom stereocenters. The molecule has 2 atom stereocenters. The number of carbonyl (C=O) groups excluding carboxylic acids is 1. The summed E-state index contributed by atoms with van der Waals surface area (Å²) >= 11 is 2.33. The molecule has 1 amide bonds. The van der Waals surface area contributed by atoms with E-state index in [2.05, 4.69) is 108 Å². The molecule has 0 aromatic heterocycles. The predicted octanol–water partition coefficient (Wildman–Crippen LogP) is 7.10. The molecule has 0 spiro atoms. The van der Waals surface area contributed by atoms with Crippen LogP contribution in [0.2, 0.25) is 0 Å². The SMILES string of the molecule is CC1=C(c2ccc3ccccc3c2)c2ccccc2C1C1C(=O)Nc2ccc(I)cc21. The van der Waals surface area contributed by atoms with Gasteiger partial charge < -0.3 is 5.32 Å². The fraction of sp³-hybridized carbons (Fsp3) is 0.107. The van der Waals surface area contributed by atoms with Crippen molar-refractivity contribution in [2.45, 2.75) is 18.8 Å². The van der Waals surface area contributed by atoms with Gasteiger partial charge in [0.25, 0.3) is 0 Å². The van der Waals surface area contributed by atoms with Gasteiger partial charge in [-0.25, -0.2) is 0 Å². The lowest BCUT2D eigenvalue weighted by Gasteiger charge is -2.21. The Kier molecular flexibility index (Phi) is 4.29. The van der Waals surface area contributed by atoms with Crippen LogP contribution in [0.1, 0.15) is 41.0 Å². The van der Waals surface area contributed by atoms with E-state index in [-0.39, 0.29) is 17.7 Å². The summed E-state index contributed by atoms with van der Waals surface area (Å²) in [6.45, 7) is 2.20. The number of benzene rings is 4. The van der Waals surface area contributed by atoms with Crippen molar-refractivity contribution >= 4 is 50.5 Å². The van der Waals surface area contributed by atoms with Gasteiger partial charge in [-0.1, -0.05) is 66.2 Å². The topological polar surface area (TPSA) is 29.1 Å². The number of carbonyl (C=O) groups is 1. The standard InChI is InChI=1S/C28H20INO/c1-16-25(19-11-10-17-6-2-3-7-18(17)14-19)21-8-4-5-9-22(21)26(16)27-23-15-20(29)12-13-24(23)30-28(27)31/h2-15,26-27H,1H3,(H,30,31). The highest BCUT2D eigenvalue weighted by Gasteiger charge is 2.43. The summed E-state index contributed by atoms with van der Waals surface area (Å²) in [5.74, 6) is -0.0724. The Balaban J connectivity index is 1.56. The van der Waals surface area contributed by atoms with E-state index in [0.717, 1.165) is 14.8 Å². The molecule has 0 saturated heterocycles. The van der Waals surface area contributed by atoms with Crippen molar-refractivity contribution in [1.82, 2.24) is 0 Å². The lowest BCUT2D eigenvalue weighted by molar-refractivity contribution is -0.117. The Morgan fingerprint density at radius 3 is 2.42 bits per heavy atom. The lowest BCUT2D eigenvalue weighted by Crippen LogP contribution is -2.19. The van der Waals surface area contributed by atoms with Crippen LogP contribution in [0.3, 0.4) is 0 Å². The maximum atomic E-state index is 13.2. The summed E-state index contributed by atoms with van der Waals surface area (Å²) in [4.78, 5) is 13.2. The molecule has 150 valence electrons. The zero-order valence-corrected chi connectivity index (χ0v) is 19.2. The Bertz CT molecular complexity index is 1420. The van der Waals surface area contributed by atoms with Crippen LogP contribution in [0.25, 0.3) is 16.3 Å². The Morgan fingerprint density at radius 2 is 1.55 bits per heavy atom. The van der Waals surface area contributed by atoms with Crippen molar-refractivity contribution in [2.24, 2.45) is 0 Å². The second kappa shape index (κ2) is 7.06. The monoisotopic (exact) mass is 513 g/mol. The van der Waals surface area contributed by atoms with E-state index in [1.165, 1.54) is 38.6 Å². The van der Waals surface area contributed by atoms with Crippen LogP contribution in [-0.2, 0) is 4.79 Å². The van der Waals surface area contributed by atoms with Crippen molar-refractivity contribution in [3.63, 3.8) is 0 Å². The third kappa shape index (κ3) is 2.87. The van der Waals surface area contributed by atoms with E-state index >= 15 is 0 Å². The van der Waals surface area contributed by atoms with Crippen molar-refractivity contribution < 1.29 is 4.79 Å². The molecule has 1 aliphatic heterocycles. The van der Waals surface area contributed by atoms with E-state index in [9.17, 15) is 4.79 Å². The molecule has 0 radical (unpaired) electrons. The van der Waals surface area contributed by atoms with Gasteiger partial charge >= 0.3 is 0 Å². The number of anilines is 1. The minimum atomic E-state index is -0.205. The molecule has 2 aliphatic rings. The summed E-state index contributed by atoms with van der Waals surface area (Å²) in [5.41, 5.74) is 8.28. The number of fused-ring (bicyclic) bond motifs is 3. The summed E-state index contributed by atoms with van der Waals surface area (Å²) in [7, 11) is 0. The molecular weight excluding hydrogens is 493 g/mol. The first-order valence-corrected chi connectivity index (χ1v) is 11.6. The third-order valence-corrected chi connectivity index (χ3v) is 7.36. The number of nitrogens with one attached hydrogen (secondary N) is 1. The molecule has 1 heterocycles. The van der Waals surface area contributed by atoms with Crippen LogP contribution in [-0.4, -0.2) is 5.91 Å². The zero-order valence-electron chi connectivity index (χ0n) is 17.0. The largest absolute Gasteiger partial charge is 0.325 e. The number of hydrogen-bond donors (Lipinski definition) is 1. The molecule has 6 rings (SSSR count). The lowest BCUT2D eigenvalue weighted by atomic mass is 9.80. The molecule has 31 heavy (non-hydrogen) atoms. The second-order valence-corrected chi connectivity index (χ2v) is 9.63. The first-order valence-electron chi connectivity index (χ1n) is 10.5. The quantitative estimate of drug-likeness (QED) is 0.285. The average molecular weight is 513 g/mol. The first kappa shape index (κ1) is 18.8. The van der Waals surface area contributed by atoms with Gasteiger partial charge in [0, 0.05) is 15.2 Å². The van der Waals surface area contributed by atoms with Crippen LogP contribution in [0, 0.1) is 3.57 Å². The number of rotatable bonds is 2. The van der Waals surface area contributed by atoms with Crippen molar-refractivity contribution in [1.29, 1.82) is 0 Å². The van der Waals surface area contributed by atoms with Gasteiger partial charge in [-0.3, -0.25) is 4.79 Å². The van der Waals surface area contributed by atoms with Gasteiger partial charge in [0.05, 0.1) is 5.92 Å². The molecular formula is C28H20INO. The number of hydrogen-bond acceptors (Lipinski definition) is 1. The zero-order chi connectivity index (χ0) is 21.1. The van der Waals surface area contributed by atoms with Crippen LogP contribution in [0.4, 0.5) is 5.69 Å². The van der Waals surface area contributed by atoms with Crippen LogP contribution < -0.4 is 5.32 Å². The fourth-order valence-electron chi connectivity index (χ4n) is 5.34. The first-order chi connectivity index (χ1) is 15.1. The number of allylic oxidation sites excluding steroid dienone is 1. The van der Waals surface area contributed by atoms with Gasteiger partial charge in [0.2, 0.25) is 5.91 Å². The van der Waals surface area contributed by atoms with E-state index in [1.807, 2.05) is 12.1 Å². The molecule has 2 nitrogen and oxygen atoms in total. The normalized spacial score (nSPS) is 19.5. The number of amides is 1. The van der Waals surface area contributed by atoms with E-state index in [0.29, 0.717) is 0 Å². The smallest absolute Gasteiger partial charge is 0.232 e. The second-order valence-electron chi connectivity index (χ2n) is 8.38. The molecule has 4 aromatic carbocycles. The molecule has 1 aliphatic carbocycles. The maximum absolute atomic E-state index is 13.2. The van der Waals surface area contributed by atoms with E-state index in [1.54, 1.807) is 0 Å². The average Bonchev–Trinajstić information content (AvgIpc) is 3.25. The highest BCUT2D eigenvalue weighted by atomic mass is 127. The highest BCUT2D eigenvalue weighted by molar-refractivity contribution is 14.1. The molecule has 1 N–H and O–H groups in total. The third-order valence-electron chi connectivity index (χ3n) is 6.69. The summed E-state index contributed by atoms with van der Waals surface area (Å²) in [5, 5.41) is 5.59.